The minimum absolute atomic E-state index is 0.517. The van der Waals surface area contributed by atoms with E-state index in [9.17, 15) is 0 Å². The fourth-order valence-corrected chi connectivity index (χ4v) is 1.87. The summed E-state index contributed by atoms with van der Waals surface area (Å²) < 4.78 is 0. The standard InChI is InChI=1S/C9H7ClN4/c10-8-6-3-1-2-4-7(6)9-12-11-5-14(9)13-8/h1-4,11H,5H2. The minimum Gasteiger partial charge on any atom is -0.286 e. The van der Waals surface area contributed by atoms with Crippen molar-refractivity contribution in [3.05, 3.63) is 35.4 Å². The molecule has 0 aromatic heterocycles. The molecule has 0 radical (unpaired) electrons. The first kappa shape index (κ1) is 7.82. The van der Waals surface area contributed by atoms with Crippen molar-refractivity contribution in [3.8, 4) is 0 Å². The molecule has 0 saturated heterocycles. The van der Waals surface area contributed by atoms with Gasteiger partial charge in [-0.15, -0.1) is 0 Å². The van der Waals surface area contributed by atoms with Crippen LogP contribution in [0.2, 0.25) is 0 Å². The maximum Gasteiger partial charge on any atom is 0.178 e. The Morgan fingerprint density at radius 3 is 2.93 bits per heavy atom. The molecule has 0 amide bonds. The molecule has 0 spiro atoms. The van der Waals surface area contributed by atoms with Gasteiger partial charge in [0, 0.05) is 11.1 Å². The average molecular weight is 207 g/mol. The number of benzene rings is 1. The van der Waals surface area contributed by atoms with Gasteiger partial charge in [0.25, 0.3) is 0 Å². The molecule has 0 aliphatic carbocycles. The van der Waals surface area contributed by atoms with Gasteiger partial charge in [-0.25, -0.2) is 5.01 Å². The van der Waals surface area contributed by atoms with Crippen LogP contribution in [0.25, 0.3) is 0 Å². The van der Waals surface area contributed by atoms with Crippen molar-refractivity contribution < 1.29 is 0 Å². The maximum atomic E-state index is 6.04. The average Bonchev–Trinajstić information content (AvgIpc) is 2.66. The van der Waals surface area contributed by atoms with Gasteiger partial charge in [0.05, 0.1) is 0 Å². The molecule has 0 fully saturated rings. The summed E-state index contributed by atoms with van der Waals surface area (Å²) in [6.07, 6.45) is 0. The smallest absolute Gasteiger partial charge is 0.178 e. The van der Waals surface area contributed by atoms with Crippen molar-refractivity contribution in [1.82, 2.24) is 10.4 Å². The SMILES string of the molecule is ClC1=NN2CNN=C2c2ccccc21. The number of nitrogens with one attached hydrogen (secondary N) is 1. The summed E-state index contributed by atoms with van der Waals surface area (Å²) in [5.41, 5.74) is 4.84. The summed E-state index contributed by atoms with van der Waals surface area (Å²) in [5, 5.41) is 10.6. The highest BCUT2D eigenvalue weighted by Gasteiger charge is 2.26. The van der Waals surface area contributed by atoms with Crippen LogP contribution in [-0.2, 0) is 0 Å². The van der Waals surface area contributed by atoms with Gasteiger partial charge in [-0.1, -0.05) is 35.9 Å². The van der Waals surface area contributed by atoms with E-state index in [4.69, 9.17) is 11.6 Å². The second kappa shape index (κ2) is 2.72. The minimum atomic E-state index is 0.517. The summed E-state index contributed by atoms with van der Waals surface area (Å²) >= 11 is 6.04. The Morgan fingerprint density at radius 1 is 1.29 bits per heavy atom. The fourth-order valence-electron chi connectivity index (χ4n) is 1.61. The molecule has 2 aliphatic rings. The van der Waals surface area contributed by atoms with Crippen molar-refractivity contribution in [3.63, 3.8) is 0 Å². The van der Waals surface area contributed by atoms with E-state index >= 15 is 0 Å². The molecule has 14 heavy (non-hydrogen) atoms. The Labute approximate surface area is 85.9 Å². The number of hydrogen-bond acceptors (Lipinski definition) is 4. The van der Waals surface area contributed by atoms with Gasteiger partial charge in [0.15, 0.2) is 11.0 Å². The molecule has 1 aromatic carbocycles. The van der Waals surface area contributed by atoms with Crippen LogP contribution in [0.5, 0.6) is 0 Å². The molecule has 0 atom stereocenters. The largest absolute Gasteiger partial charge is 0.286 e. The first-order chi connectivity index (χ1) is 6.86. The van der Waals surface area contributed by atoms with Crippen LogP contribution in [0.15, 0.2) is 34.5 Å². The van der Waals surface area contributed by atoms with Crippen LogP contribution in [0, 0.1) is 0 Å². The number of nitrogens with zero attached hydrogens (tertiary/aromatic N) is 3. The molecule has 0 saturated carbocycles. The highest BCUT2D eigenvalue weighted by molar-refractivity contribution is 6.70. The number of amidine groups is 1. The van der Waals surface area contributed by atoms with Crippen LogP contribution < -0.4 is 5.43 Å². The van der Waals surface area contributed by atoms with E-state index in [0.29, 0.717) is 11.8 Å². The Bertz CT molecular complexity index is 452. The van der Waals surface area contributed by atoms with E-state index in [-0.39, 0.29) is 0 Å². The van der Waals surface area contributed by atoms with Crippen LogP contribution in [0.3, 0.4) is 0 Å². The van der Waals surface area contributed by atoms with E-state index < -0.39 is 0 Å². The summed E-state index contributed by atoms with van der Waals surface area (Å²) in [4.78, 5) is 0. The molecule has 4 nitrogen and oxygen atoms in total. The number of halogens is 1. The molecule has 0 unspecified atom stereocenters. The van der Waals surface area contributed by atoms with Crippen molar-refractivity contribution in [2.24, 2.45) is 10.2 Å². The molecule has 3 rings (SSSR count). The van der Waals surface area contributed by atoms with Crippen molar-refractivity contribution in [2.45, 2.75) is 0 Å². The summed E-state index contributed by atoms with van der Waals surface area (Å²) in [6.45, 7) is 0.583. The Balaban J connectivity index is 2.26. The highest BCUT2D eigenvalue weighted by Crippen LogP contribution is 2.22. The lowest BCUT2D eigenvalue weighted by atomic mass is 10.1. The first-order valence-electron chi connectivity index (χ1n) is 4.28. The van der Waals surface area contributed by atoms with Crippen LogP contribution >= 0.6 is 11.6 Å². The van der Waals surface area contributed by atoms with Gasteiger partial charge < -0.3 is 0 Å². The van der Waals surface area contributed by atoms with E-state index in [1.54, 1.807) is 5.01 Å². The van der Waals surface area contributed by atoms with E-state index in [2.05, 4.69) is 15.6 Å². The number of rotatable bonds is 0. The van der Waals surface area contributed by atoms with Gasteiger partial charge in [-0.3, -0.25) is 5.43 Å². The third kappa shape index (κ3) is 0.943. The molecule has 0 bridgehead atoms. The van der Waals surface area contributed by atoms with Gasteiger partial charge >= 0.3 is 0 Å². The number of fused-ring (bicyclic) bond motifs is 3. The summed E-state index contributed by atoms with van der Waals surface area (Å²) in [7, 11) is 0. The number of hydrogen-bond donors (Lipinski definition) is 1. The molecule has 2 heterocycles. The zero-order valence-electron chi connectivity index (χ0n) is 7.24. The quantitative estimate of drug-likeness (QED) is 0.691. The summed E-state index contributed by atoms with van der Waals surface area (Å²) in [6, 6.07) is 7.84. The van der Waals surface area contributed by atoms with Crippen LogP contribution in [-0.4, -0.2) is 22.7 Å². The Hall–Kier alpha value is -1.55. The van der Waals surface area contributed by atoms with Crippen LogP contribution in [0.1, 0.15) is 11.1 Å². The molecule has 5 heteroatoms. The maximum absolute atomic E-state index is 6.04. The lowest BCUT2D eigenvalue weighted by molar-refractivity contribution is 0.450. The predicted octanol–water partition coefficient (Wildman–Crippen LogP) is 1.12. The third-order valence-corrected chi connectivity index (χ3v) is 2.53. The zero-order valence-corrected chi connectivity index (χ0v) is 7.99. The molecular weight excluding hydrogens is 200 g/mol. The predicted molar refractivity (Wildman–Crippen MR) is 55.2 cm³/mol. The Kier molecular flexibility index (Phi) is 1.52. The van der Waals surface area contributed by atoms with Crippen molar-refractivity contribution in [1.29, 1.82) is 0 Å². The molecule has 1 aromatic rings. The van der Waals surface area contributed by atoms with Gasteiger partial charge in [0.2, 0.25) is 0 Å². The lowest BCUT2D eigenvalue weighted by Gasteiger charge is -2.20. The molecule has 70 valence electrons. The fraction of sp³-hybridized carbons (Fsp3) is 0.111. The molecule has 1 N–H and O–H groups in total. The van der Waals surface area contributed by atoms with E-state index in [1.165, 1.54) is 0 Å². The topological polar surface area (TPSA) is 40.0 Å². The van der Waals surface area contributed by atoms with E-state index in [0.717, 1.165) is 17.0 Å². The number of hydrazone groups is 2. The van der Waals surface area contributed by atoms with E-state index in [1.807, 2.05) is 24.3 Å². The van der Waals surface area contributed by atoms with Crippen molar-refractivity contribution >= 4 is 22.6 Å². The van der Waals surface area contributed by atoms with Gasteiger partial charge in [-0.2, -0.15) is 10.2 Å². The Morgan fingerprint density at radius 2 is 2.07 bits per heavy atom. The second-order valence-corrected chi connectivity index (χ2v) is 3.45. The molecular formula is C9H7ClN4. The highest BCUT2D eigenvalue weighted by atomic mass is 35.5. The van der Waals surface area contributed by atoms with Gasteiger partial charge in [0.1, 0.15) is 6.67 Å². The van der Waals surface area contributed by atoms with Gasteiger partial charge in [-0.05, 0) is 0 Å². The summed E-state index contributed by atoms with van der Waals surface area (Å²) in [5.74, 6) is 0.838. The van der Waals surface area contributed by atoms with Crippen molar-refractivity contribution in [2.75, 3.05) is 6.67 Å². The van der Waals surface area contributed by atoms with Crippen LogP contribution in [0.4, 0.5) is 0 Å². The second-order valence-electron chi connectivity index (χ2n) is 3.09. The third-order valence-electron chi connectivity index (χ3n) is 2.25. The zero-order chi connectivity index (χ0) is 9.54. The monoisotopic (exact) mass is 206 g/mol. The normalized spacial score (nSPS) is 17.9. The molecule has 2 aliphatic heterocycles. The lowest BCUT2D eigenvalue weighted by Crippen LogP contribution is -2.30. The first-order valence-corrected chi connectivity index (χ1v) is 4.66.